The lowest BCUT2D eigenvalue weighted by Crippen LogP contribution is -2.33. The van der Waals surface area contributed by atoms with Crippen LogP contribution in [-0.2, 0) is 9.84 Å². The fourth-order valence-corrected chi connectivity index (χ4v) is 5.57. The van der Waals surface area contributed by atoms with Gasteiger partial charge >= 0.3 is 0 Å². The van der Waals surface area contributed by atoms with Gasteiger partial charge < -0.3 is 4.90 Å². The monoisotopic (exact) mass is 379 g/mol. The van der Waals surface area contributed by atoms with Gasteiger partial charge in [0, 0.05) is 18.7 Å². The third-order valence-corrected chi connectivity index (χ3v) is 7.35. The average molecular weight is 379 g/mol. The summed E-state index contributed by atoms with van der Waals surface area (Å²) in [5.74, 6) is -0.112. The Morgan fingerprint density at radius 2 is 1.56 bits per heavy atom. The first-order chi connectivity index (χ1) is 13.1. The van der Waals surface area contributed by atoms with Crippen LogP contribution in [0.25, 0.3) is 10.8 Å². The van der Waals surface area contributed by atoms with Gasteiger partial charge in [-0.15, -0.1) is 0 Å². The molecule has 1 saturated heterocycles. The molecule has 3 aromatic rings. The van der Waals surface area contributed by atoms with Gasteiger partial charge in [0.1, 0.15) is 0 Å². The van der Waals surface area contributed by atoms with Crippen LogP contribution in [0.4, 0.5) is 0 Å². The molecule has 0 spiro atoms. The average Bonchev–Trinajstić information content (AvgIpc) is 2.85. The van der Waals surface area contributed by atoms with Crippen molar-refractivity contribution in [2.45, 2.75) is 11.7 Å². The first-order valence-corrected chi connectivity index (χ1v) is 10.8. The minimum atomic E-state index is -3.30. The Kier molecular flexibility index (Phi) is 4.70. The standard InChI is InChI=1S/C22H21NO3S/c24-22(20-12-6-10-17-7-4-5-11-19(17)20)23-14-13-21(27(25,26)16-15-23)18-8-2-1-3-9-18/h1-12,21H,13-16H2/t21-/m1/s1. The molecular weight excluding hydrogens is 358 g/mol. The molecule has 0 N–H and O–H groups in total. The molecular formula is C22H21NO3S. The van der Waals surface area contributed by atoms with Crippen LogP contribution in [0.1, 0.15) is 27.6 Å². The number of hydrogen-bond acceptors (Lipinski definition) is 3. The Bertz CT molecular complexity index is 1070. The molecule has 1 fully saturated rings. The van der Waals surface area contributed by atoms with Gasteiger partial charge in [0.05, 0.1) is 11.0 Å². The second-order valence-electron chi connectivity index (χ2n) is 6.87. The Morgan fingerprint density at radius 3 is 2.37 bits per heavy atom. The minimum Gasteiger partial charge on any atom is -0.338 e. The van der Waals surface area contributed by atoms with Gasteiger partial charge in [-0.3, -0.25) is 4.79 Å². The second kappa shape index (κ2) is 7.16. The fraction of sp³-hybridized carbons (Fsp3) is 0.227. The fourth-order valence-electron chi connectivity index (χ4n) is 3.77. The molecule has 0 radical (unpaired) electrons. The largest absolute Gasteiger partial charge is 0.338 e. The molecule has 4 rings (SSSR count). The highest BCUT2D eigenvalue weighted by molar-refractivity contribution is 7.91. The van der Waals surface area contributed by atoms with Crippen LogP contribution in [0, 0.1) is 0 Å². The van der Waals surface area contributed by atoms with Gasteiger partial charge in [-0.05, 0) is 28.8 Å². The third kappa shape index (κ3) is 3.47. The summed E-state index contributed by atoms with van der Waals surface area (Å²) in [5.41, 5.74) is 1.43. The van der Waals surface area contributed by atoms with E-state index in [4.69, 9.17) is 0 Å². The van der Waals surface area contributed by atoms with E-state index in [0.29, 0.717) is 18.5 Å². The predicted molar refractivity (Wildman–Crippen MR) is 107 cm³/mol. The summed E-state index contributed by atoms with van der Waals surface area (Å²) in [7, 11) is -3.30. The first kappa shape index (κ1) is 17.7. The number of carbonyl (C=O) groups is 1. The van der Waals surface area contributed by atoms with Crippen LogP contribution in [0.3, 0.4) is 0 Å². The molecule has 0 bridgehead atoms. The van der Waals surface area contributed by atoms with Crippen molar-refractivity contribution in [3.63, 3.8) is 0 Å². The number of benzene rings is 3. The summed E-state index contributed by atoms with van der Waals surface area (Å²) in [6.45, 7) is 0.661. The van der Waals surface area contributed by atoms with Crippen molar-refractivity contribution in [1.29, 1.82) is 0 Å². The maximum atomic E-state index is 13.2. The minimum absolute atomic E-state index is 0.0108. The van der Waals surface area contributed by atoms with E-state index in [1.54, 1.807) is 4.90 Å². The number of amides is 1. The quantitative estimate of drug-likeness (QED) is 0.680. The van der Waals surface area contributed by atoms with Crippen molar-refractivity contribution >= 4 is 26.5 Å². The SMILES string of the molecule is O=C(c1cccc2ccccc12)N1CC[C@H](c2ccccc2)S(=O)(=O)CC1. The highest BCUT2D eigenvalue weighted by atomic mass is 32.2. The smallest absolute Gasteiger partial charge is 0.254 e. The molecule has 0 saturated carbocycles. The molecule has 1 atom stereocenters. The molecule has 5 heteroatoms. The van der Waals surface area contributed by atoms with Crippen molar-refractivity contribution in [3.8, 4) is 0 Å². The van der Waals surface area contributed by atoms with E-state index in [0.717, 1.165) is 16.3 Å². The van der Waals surface area contributed by atoms with E-state index in [-0.39, 0.29) is 18.2 Å². The van der Waals surface area contributed by atoms with Gasteiger partial charge in [0.15, 0.2) is 9.84 Å². The molecule has 3 aromatic carbocycles. The lowest BCUT2D eigenvalue weighted by atomic mass is 10.0. The molecule has 1 amide bonds. The number of sulfone groups is 1. The number of carbonyl (C=O) groups excluding carboxylic acids is 1. The summed E-state index contributed by atoms with van der Waals surface area (Å²) in [4.78, 5) is 14.8. The van der Waals surface area contributed by atoms with E-state index >= 15 is 0 Å². The van der Waals surface area contributed by atoms with E-state index < -0.39 is 15.1 Å². The number of nitrogens with zero attached hydrogens (tertiary/aromatic N) is 1. The van der Waals surface area contributed by atoms with Crippen molar-refractivity contribution in [3.05, 3.63) is 83.9 Å². The lowest BCUT2D eigenvalue weighted by molar-refractivity contribution is 0.0768. The van der Waals surface area contributed by atoms with Gasteiger partial charge in [0.25, 0.3) is 5.91 Å². The first-order valence-electron chi connectivity index (χ1n) is 9.10. The maximum Gasteiger partial charge on any atom is 0.254 e. The van der Waals surface area contributed by atoms with Crippen LogP contribution in [0.5, 0.6) is 0 Å². The van der Waals surface area contributed by atoms with Crippen molar-refractivity contribution in [1.82, 2.24) is 4.90 Å². The van der Waals surface area contributed by atoms with Gasteiger partial charge in [-0.25, -0.2) is 8.42 Å². The summed E-state index contributed by atoms with van der Waals surface area (Å²) < 4.78 is 25.6. The molecule has 138 valence electrons. The molecule has 1 aliphatic heterocycles. The summed E-state index contributed by atoms with van der Waals surface area (Å²) in [5, 5.41) is 1.36. The van der Waals surface area contributed by atoms with Crippen LogP contribution in [-0.4, -0.2) is 38.1 Å². The Labute approximate surface area is 159 Å². The maximum absolute atomic E-state index is 13.2. The normalized spacial score (nSPS) is 19.6. The van der Waals surface area contributed by atoms with E-state index in [1.807, 2.05) is 72.8 Å². The second-order valence-corrected chi connectivity index (χ2v) is 9.18. The number of rotatable bonds is 2. The van der Waals surface area contributed by atoms with E-state index in [9.17, 15) is 13.2 Å². The Hall–Kier alpha value is -2.66. The molecule has 0 aliphatic carbocycles. The zero-order valence-corrected chi connectivity index (χ0v) is 15.7. The lowest BCUT2D eigenvalue weighted by Gasteiger charge is -2.21. The van der Waals surface area contributed by atoms with Crippen LogP contribution in [0.2, 0.25) is 0 Å². The van der Waals surface area contributed by atoms with E-state index in [2.05, 4.69) is 0 Å². The number of hydrogen-bond donors (Lipinski definition) is 0. The highest BCUT2D eigenvalue weighted by Crippen LogP contribution is 2.30. The third-order valence-electron chi connectivity index (χ3n) is 5.22. The van der Waals surface area contributed by atoms with Gasteiger partial charge in [-0.1, -0.05) is 66.7 Å². The highest BCUT2D eigenvalue weighted by Gasteiger charge is 2.33. The topological polar surface area (TPSA) is 54.5 Å². The molecule has 0 aromatic heterocycles. The van der Waals surface area contributed by atoms with Crippen molar-refractivity contribution < 1.29 is 13.2 Å². The zero-order valence-electron chi connectivity index (χ0n) is 14.9. The van der Waals surface area contributed by atoms with Crippen LogP contribution >= 0.6 is 0 Å². The predicted octanol–water partition coefficient (Wildman–Crippen LogP) is 3.84. The number of fused-ring (bicyclic) bond motifs is 1. The van der Waals surface area contributed by atoms with Crippen LogP contribution < -0.4 is 0 Å². The van der Waals surface area contributed by atoms with Gasteiger partial charge in [-0.2, -0.15) is 0 Å². The zero-order chi connectivity index (χ0) is 18.9. The summed E-state index contributed by atoms with van der Waals surface area (Å²) >= 11 is 0. The Morgan fingerprint density at radius 1 is 0.852 bits per heavy atom. The molecule has 0 unspecified atom stereocenters. The van der Waals surface area contributed by atoms with E-state index in [1.165, 1.54) is 0 Å². The molecule has 4 nitrogen and oxygen atoms in total. The molecule has 1 heterocycles. The van der Waals surface area contributed by atoms with Gasteiger partial charge in [0.2, 0.25) is 0 Å². The summed E-state index contributed by atoms with van der Waals surface area (Å²) in [6, 6.07) is 22.7. The molecule has 27 heavy (non-hydrogen) atoms. The van der Waals surface area contributed by atoms with Crippen LogP contribution in [0.15, 0.2) is 72.8 Å². The summed E-state index contributed by atoms with van der Waals surface area (Å²) in [6.07, 6.45) is 0.419. The molecule has 1 aliphatic rings. The van der Waals surface area contributed by atoms with Crippen molar-refractivity contribution in [2.24, 2.45) is 0 Å². The Balaban J connectivity index is 1.63. The van der Waals surface area contributed by atoms with Crippen molar-refractivity contribution in [2.75, 3.05) is 18.8 Å².